The average molecular weight is 457 g/mol. The van der Waals surface area contributed by atoms with Gasteiger partial charge in [0.2, 0.25) is 21.5 Å². The maximum absolute atomic E-state index is 13.0. The molecule has 0 saturated carbocycles. The summed E-state index contributed by atoms with van der Waals surface area (Å²) in [6, 6.07) is 10.9. The second kappa shape index (κ2) is 8.54. The summed E-state index contributed by atoms with van der Waals surface area (Å²) in [6.45, 7) is 1.03. The van der Waals surface area contributed by atoms with Crippen molar-refractivity contribution in [2.75, 3.05) is 26.3 Å². The number of aromatic nitrogens is 1. The number of nitrogens with two attached hydrogens (primary N) is 1. The number of pyridine rings is 1. The van der Waals surface area contributed by atoms with Gasteiger partial charge >= 0.3 is 5.97 Å². The van der Waals surface area contributed by atoms with E-state index in [-0.39, 0.29) is 45.8 Å². The van der Waals surface area contributed by atoms with E-state index in [0.717, 1.165) is 6.07 Å². The first-order chi connectivity index (χ1) is 15.3. The number of amides is 1. The second-order valence-corrected chi connectivity index (χ2v) is 8.99. The molecule has 3 N–H and O–H groups in total. The van der Waals surface area contributed by atoms with E-state index in [2.05, 4.69) is 4.98 Å². The molecule has 0 aliphatic carbocycles. The van der Waals surface area contributed by atoms with E-state index in [4.69, 9.17) is 15.2 Å². The van der Waals surface area contributed by atoms with Crippen LogP contribution in [0.3, 0.4) is 0 Å². The highest BCUT2D eigenvalue weighted by atomic mass is 32.2. The molecule has 2 aromatic carbocycles. The van der Waals surface area contributed by atoms with Crippen LogP contribution in [0.1, 0.15) is 20.7 Å². The Balaban J connectivity index is 1.74. The molecule has 4 rings (SSSR count). The van der Waals surface area contributed by atoms with Gasteiger partial charge in [0.05, 0.1) is 23.7 Å². The van der Waals surface area contributed by atoms with Crippen molar-refractivity contribution in [3.8, 4) is 5.75 Å². The topological polar surface area (TPSA) is 149 Å². The molecule has 166 valence electrons. The summed E-state index contributed by atoms with van der Waals surface area (Å²) in [6.07, 6.45) is 0. The number of fused-ring (bicyclic) bond motifs is 1. The fraction of sp³-hybridized carbons (Fsp3) is 0.190. The highest BCUT2D eigenvalue weighted by Crippen LogP contribution is 2.24. The fourth-order valence-electron chi connectivity index (χ4n) is 3.37. The first-order valence-corrected chi connectivity index (χ1v) is 11.1. The van der Waals surface area contributed by atoms with Crippen LogP contribution in [0.25, 0.3) is 10.9 Å². The van der Waals surface area contributed by atoms with E-state index < -0.39 is 27.5 Å². The summed E-state index contributed by atoms with van der Waals surface area (Å²) in [5.41, 5.74) is 4.99. The first-order valence-electron chi connectivity index (χ1n) is 9.63. The highest BCUT2D eigenvalue weighted by molar-refractivity contribution is 7.89. The lowest BCUT2D eigenvalue weighted by Gasteiger charge is -2.26. The van der Waals surface area contributed by atoms with Crippen molar-refractivity contribution in [1.82, 2.24) is 9.29 Å². The number of nitrogens with one attached hydrogen (secondary N) is 1. The number of hydrogen-bond donors (Lipinski definition) is 2. The molecule has 1 saturated heterocycles. The Labute approximate surface area is 182 Å². The Kier molecular flexibility index (Phi) is 5.78. The van der Waals surface area contributed by atoms with Gasteiger partial charge in [0, 0.05) is 35.6 Å². The minimum absolute atomic E-state index is 0.0243. The number of ether oxygens (including phenoxy) is 2. The van der Waals surface area contributed by atoms with Gasteiger partial charge in [0.15, 0.2) is 0 Å². The van der Waals surface area contributed by atoms with Crippen LogP contribution in [0, 0.1) is 0 Å². The number of hydrogen-bond acceptors (Lipinski definition) is 7. The first kappa shape index (κ1) is 21.7. The van der Waals surface area contributed by atoms with Crippen molar-refractivity contribution >= 4 is 32.8 Å². The largest absolute Gasteiger partial charge is 0.423 e. The molecule has 0 bridgehead atoms. The van der Waals surface area contributed by atoms with E-state index >= 15 is 0 Å². The minimum atomic E-state index is -3.82. The van der Waals surface area contributed by atoms with Crippen molar-refractivity contribution in [3.05, 3.63) is 70.0 Å². The van der Waals surface area contributed by atoms with Crippen molar-refractivity contribution in [1.29, 1.82) is 0 Å². The molecule has 1 aliphatic rings. The van der Waals surface area contributed by atoms with Crippen LogP contribution >= 0.6 is 0 Å². The summed E-state index contributed by atoms with van der Waals surface area (Å²) >= 11 is 0. The molecule has 1 aliphatic heterocycles. The van der Waals surface area contributed by atoms with Gasteiger partial charge in [0.1, 0.15) is 5.75 Å². The van der Waals surface area contributed by atoms with E-state index in [9.17, 15) is 22.8 Å². The second-order valence-electron chi connectivity index (χ2n) is 7.05. The Morgan fingerprint density at radius 3 is 2.53 bits per heavy atom. The van der Waals surface area contributed by atoms with Gasteiger partial charge in [-0.25, -0.2) is 13.2 Å². The lowest BCUT2D eigenvalue weighted by atomic mass is 10.1. The van der Waals surface area contributed by atoms with Crippen LogP contribution in [-0.2, 0) is 14.8 Å². The number of morpholine rings is 1. The predicted molar refractivity (Wildman–Crippen MR) is 114 cm³/mol. The third kappa shape index (κ3) is 4.26. The molecule has 1 aromatic heterocycles. The maximum Gasteiger partial charge on any atom is 0.344 e. The molecule has 11 heteroatoms. The van der Waals surface area contributed by atoms with Gasteiger partial charge < -0.3 is 20.2 Å². The quantitative estimate of drug-likeness (QED) is 0.426. The van der Waals surface area contributed by atoms with Gasteiger partial charge in [-0.15, -0.1) is 0 Å². The molecule has 1 amide bonds. The Morgan fingerprint density at radius 2 is 1.81 bits per heavy atom. The Hall–Kier alpha value is -3.54. The minimum Gasteiger partial charge on any atom is -0.423 e. The summed E-state index contributed by atoms with van der Waals surface area (Å²) in [5.74, 6) is -1.53. The molecule has 3 aromatic rings. The van der Waals surface area contributed by atoms with Crippen molar-refractivity contribution in [2.24, 2.45) is 5.73 Å². The number of sulfonamides is 1. The molecule has 0 unspecified atom stereocenters. The van der Waals surface area contributed by atoms with Crippen LogP contribution in [0.5, 0.6) is 5.75 Å². The van der Waals surface area contributed by atoms with Crippen LogP contribution in [0.2, 0.25) is 0 Å². The van der Waals surface area contributed by atoms with Crippen LogP contribution in [-0.4, -0.2) is 55.9 Å². The zero-order chi connectivity index (χ0) is 22.9. The molecule has 32 heavy (non-hydrogen) atoms. The molecular weight excluding hydrogens is 438 g/mol. The van der Waals surface area contributed by atoms with Gasteiger partial charge in [-0.1, -0.05) is 6.07 Å². The average Bonchev–Trinajstić information content (AvgIpc) is 2.78. The molecule has 0 spiro atoms. The number of aromatic amines is 1. The van der Waals surface area contributed by atoms with Gasteiger partial charge in [-0.2, -0.15) is 4.31 Å². The zero-order valence-electron chi connectivity index (χ0n) is 16.7. The van der Waals surface area contributed by atoms with Crippen LogP contribution in [0.4, 0.5) is 0 Å². The standard InChI is InChI=1S/C21H19N3O7S/c22-20(26)13-2-1-3-14(10-13)31-21(27)17-12-19(25)23-18-5-4-15(11-16(17)18)32(28,29)24-6-8-30-9-7-24/h1-5,10-12H,6-9H2,(H2,22,26)(H,23,25). The number of esters is 1. The monoisotopic (exact) mass is 457 g/mol. The van der Waals surface area contributed by atoms with Crippen LogP contribution < -0.4 is 16.0 Å². The SMILES string of the molecule is NC(=O)c1cccc(OC(=O)c2cc(=O)[nH]c3ccc(S(=O)(=O)N4CCOCC4)cc23)c1. The number of benzene rings is 2. The molecular formula is C21H19N3O7S. The third-order valence-electron chi connectivity index (χ3n) is 4.97. The van der Waals surface area contributed by atoms with Crippen molar-refractivity contribution < 1.29 is 27.5 Å². The number of nitrogens with zero attached hydrogens (tertiary/aromatic N) is 1. The smallest absolute Gasteiger partial charge is 0.344 e. The zero-order valence-corrected chi connectivity index (χ0v) is 17.6. The van der Waals surface area contributed by atoms with E-state index in [1.165, 1.54) is 46.8 Å². The van der Waals surface area contributed by atoms with Crippen molar-refractivity contribution in [3.63, 3.8) is 0 Å². The molecule has 0 radical (unpaired) electrons. The summed E-state index contributed by atoms with van der Waals surface area (Å²) in [5, 5.41) is 0.204. The van der Waals surface area contributed by atoms with E-state index in [1.807, 2.05) is 0 Å². The fourth-order valence-corrected chi connectivity index (χ4v) is 4.81. The molecule has 0 atom stereocenters. The molecule has 1 fully saturated rings. The normalized spacial score (nSPS) is 14.9. The highest BCUT2D eigenvalue weighted by Gasteiger charge is 2.27. The summed E-state index contributed by atoms with van der Waals surface area (Å²) in [4.78, 5) is 38.8. The third-order valence-corrected chi connectivity index (χ3v) is 6.87. The van der Waals surface area contributed by atoms with Crippen LogP contribution in [0.15, 0.2) is 58.2 Å². The number of carbonyl (C=O) groups is 2. The summed E-state index contributed by atoms with van der Waals surface area (Å²) in [7, 11) is -3.82. The van der Waals surface area contributed by atoms with Gasteiger partial charge in [-0.3, -0.25) is 9.59 Å². The number of primary amides is 1. The van der Waals surface area contributed by atoms with Crippen molar-refractivity contribution in [2.45, 2.75) is 4.90 Å². The van der Waals surface area contributed by atoms with Gasteiger partial charge in [0.25, 0.3) is 0 Å². The Bertz CT molecular complexity index is 1380. The van der Waals surface area contributed by atoms with E-state index in [1.54, 1.807) is 0 Å². The van der Waals surface area contributed by atoms with E-state index in [0.29, 0.717) is 13.2 Å². The van der Waals surface area contributed by atoms with Gasteiger partial charge in [-0.05, 0) is 36.4 Å². The molecule has 10 nitrogen and oxygen atoms in total. The number of rotatable bonds is 5. The lowest BCUT2D eigenvalue weighted by Crippen LogP contribution is -2.40. The number of carbonyl (C=O) groups excluding carboxylic acids is 2. The maximum atomic E-state index is 13.0. The lowest BCUT2D eigenvalue weighted by molar-refractivity contribution is 0.0730. The predicted octanol–water partition coefficient (Wildman–Crippen LogP) is 0.867. The molecule has 2 heterocycles. The summed E-state index contributed by atoms with van der Waals surface area (Å²) < 4.78 is 37.9. The number of H-pyrrole nitrogens is 1. The Morgan fingerprint density at radius 1 is 1.06 bits per heavy atom.